The Bertz CT molecular complexity index is 635. The highest BCUT2D eigenvalue weighted by Crippen LogP contribution is 2.46. The Kier molecular flexibility index (Phi) is 5.05. The topological polar surface area (TPSA) is 3.24 Å². The monoisotopic (exact) mass is 369 g/mol. The fourth-order valence-corrected chi connectivity index (χ4v) is 3.21. The van der Waals surface area contributed by atoms with Gasteiger partial charge in [0.2, 0.25) is 0 Å². The molecule has 0 fully saturated rings. The van der Waals surface area contributed by atoms with E-state index in [-0.39, 0.29) is 15.6 Å². The smallest absolute Gasteiger partial charge is 0.378 e. The third-order valence-electron chi connectivity index (χ3n) is 3.44. The van der Waals surface area contributed by atoms with Crippen molar-refractivity contribution >= 4 is 40.5 Å². The SMILES string of the molecule is CN(C)c1ccc(C2C(Cl)=C(Cl)C=CC2Cl)c(C(F)(F)F)c1. The zero-order valence-corrected chi connectivity index (χ0v) is 14.0. The maximum atomic E-state index is 13.4. The maximum Gasteiger partial charge on any atom is 0.416 e. The number of allylic oxidation sites excluding steroid dienone is 4. The van der Waals surface area contributed by atoms with Crippen LogP contribution in [-0.2, 0) is 6.18 Å². The van der Waals surface area contributed by atoms with E-state index in [1.165, 1.54) is 12.1 Å². The lowest BCUT2D eigenvalue weighted by atomic mass is 9.87. The number of alkyl halides is 4. The Labute approximate surface area is 141 Å². The molecule has 120 valence electrons. The lowest BCUT2D eigenvalue weighted by Crippen LogP contribution is -2.21. The van der Waals surface area contributed by atoms with Gasteiger partial charge in [-0.05, 0) is 23.8 Å². The van der Waals surface area contributed by atoms with Crippen LogP contribution in [0.3, 0.4) is 0 Å². The Morgan fingerprint density at radius 1 is 1.14 bits per heavy atom. The van der Waals surface area contributed by atoms with Crippen LogP contribution in [0.15, 0.2) is 40.4 Å². The van der Waals surface area contributed by atoms with Crippen LogP contribution in [0.2, 0.25) is 0 Å². The van der Waals surface area contributed by atoms with Crippen molar-refractivity contribution in [1.29, 1.82) is 0 Å². The molecule has 1 aliphatic carbocycles. The molecular weight excluding hydrogens is 358 g/mol. The van der Waals surface area contributed by atoms with Crippen LogP contribution in [0.4, 0.5) is 18.9 Å². The standard InChI is InChI=1S/C15H13Cl3F3N/c1-22(2)8-3-4-9(10(7-8)15(19,20)21)13-11(16)5-6-12(17)14(13)18/h3-7,11,13H,1-2H3. The van der Waals surface area contributed by atoms with Crippen molar-refractivity contribution in [3.8, 4) is 0 Å². The molecule has 2 unspecified atom stereocenters. The van der Waals surface area contributed by atoms with E-state index in [0.717, 1.165) is 6.07 Å². The summed E-state index contributed by atoms with van der Waals surface area (Å²) in [5.74, 6) is -0.825. The summed E-state index contributed by atoms with van der Waals surface area (Å²) in [4.78, 5) is 1.60. The van der Waals surface area contributed by atoms with E-state index >= 15 is 0 Å². The van der Waals surface area contributed by atoms with Gasteiger partial charge in [0.1, 0.15) is 0 Å². The Balaban J connectivity index is 2.62. The summed E-state index contributed by atoms with van der Waals surface area (Å²) >= 11 is 18.2. The summed E-state index contributed by atoms with van der Waals surface area (Å²) in [7, 11) is 3.35. The first-order chi connectivity index (χ1) is 10.1. The van der Waals surface area contributed by atoms with Gasteiger partial charge in [-0.25, -0.2) is 0 Å². The second-order valence-electron chi connectivity index (χ2n) is 5.14. The van der Waals surface area contributed by atoms with Gasteiger partial charge in [0.25, 0.3) is 0 Å². The van der Waals surface area contributed by atoms with Crippen LogP contribution >= 0.6 is 34.8 Å². The van der Waals surface area contributed by atoms with Gasteiger partial charge in [-0.3, -0.25) is 0 Å². The average Bonchev–Trinajstić information content (AvgIpc) is 2.42. The number of hydrogen-bond acceptors (Lipinski definition) is 1. The van der Waals surface area contributed by atoms with E-state index in [0.29, 0.717) is 5.69 Å². The largest absolute Gasteiger partial charge is 0.416 e. The molecule has 2 atom stereocenters. The van der Waals surface area contributed by atoms with E-state index in [1.807, 2.05) is 0 Å². The van der Waals surface area contributed by atoms with Gasteiger partial charge in [-0.15, -0.1) is 11.6 Å². The third-order valence-corrected chi connectivity index (χ3v) is 4.70. The summed E-state index contributed by atoms with van der Waals surface area (Å²) < 4.78 is 40.3. The average molecular weight is 371 g/mol. The lowest BCUT2D eigenvalue weighted by molar-refractivity contribution is -0.138. The molecule has 0 radical (unpaired) electrons. The zero-order chi connectivity index (χ0) is 16.7. The Morgan fingerprint density at radius 2 is 1.77 bits per heavy atom. The molecule has 2 rings (SSSR count). The highest BCUT2D eigenvalue weighted by atomic mass is 35.5. The second kappa shape index (κ2) is 6.34. The molecule has 0 saturated heterocycles. The first-order valence-electron chi connectivity index (χ1n) is 6.39. The number of nitrogens with zero attached hydrogens (tertiary/aromatic N) is 1. The number of hydrogen-bond donors (Lipinski definition) is 0. The minimum absolute atomic E-state index is 0.0191. The molecule has 0 saturated carbocycles. The van der Waals surface area contributed by atoms with E-state index in [2.05, 4.69) is 0 Å². The molecule has 0 bridgehead atoms. The fraction of sp³-hybridized carbons (Fsp3) is 0.333. The molecule has 1 aromatic carbocycles. The van der Waals surface area contributed by atoms with Crippen molar-refractivity contribution in [3.05, 3.63) is 51.5 Å². The quantitative estimate of drug-likeness (QED) is 0.602. The van der Waals surface area contributed by atoms with Crippen molar-refractivity contribution < 1.29 is 13.2 Å². The molecule has 0 spiro atoms. The van der Waals surface area contributed by atoms with Crippen molar-refractivity contribution in [1.82, 2.24) is 0 Å². The summed E-state index contributed by atoms with van der Waals surface area (Å²) in [6, 6.07) is 4.10. The summed E-state index contributed by atoms with van der Waals surface area (Å²) in [6.45, 7) is 0. The highest BCUT2D eigenvalue weighted by Gasteiger charge is 2.39. The molecule has 1 nitrogen and oxygen atoms in total. The van der Waals surface area contributed by atoms with Gasteiger partial charge in [-0.1, -0.05) is 35.3 Å². The molecule has 0 amide bonds. The normalized spacial score (nSPS) is 22.2. The number of halogens is 6. The molecule has 0 heterocycles. The Hall–Kier alpha value is -0.840. The van der Waals surface area contributed by atoms with Gasteiger partial charge < -0.3 is 4.90 Å². The number of anilines is 1. The van der Waals surface area contributed by atoms with Gasteiger partial charge in [0.15, 0.2) is 0 Å². The van der Waals surface area contributed by atoms with Crippen LogP contribution in [0.25, 0.3) is 0 Å². The summed E-state index contributed by atoms with van der Waals surface area (Å²) in [5.41, 5.74) is -0.294. The zero-order valence-electron chi connectivity index (χ0n) is 11.8. The van der Waals surface area contributed by atoms with Gasteiger partial charge >= 0.3 is 6.18 Å². The second-order valence-corrected chi connectivity index (χ2v) is 6.46. The predicted molar refractivity (Wildman–Crippen MR) is 86.0 cm³/mol. The fourth-order valence-electron chi connectivity index (χ4n) is 2.30. The molecule has 22 heavy (non-hydrogen) atoms. The number of rotatable bonds is 2. The van der Waals surface area contributed by atoms with Crippen LogP contribution in [0, 0.1) is 0 Å². The van der Waals surface area contributed by atoms with Crippen LogP contribution in [-0.4, -0.2) is 19.5 Å². The van der Waals surface area contributed by atoms with E-state index in [9.17, 15) is 13.2 Å². The minimum Gasteiger partial charge on any atom is -0.378 e. The van der Waals surface area contributed by atoms with Crippen molar-refractivity contribution in [2.75, 3.05) is 19.0 Å². The van der Waals surface area contributed by atoms with Gasteiger partial charge in [-0.2, -0.15) is 13.2 Å². The minimum atomic E-state index is -4.51. The first-order valence-corrected chi connectivity index (χ1v) is 7.58. The van der Waals surface area contributed by atoms with Crippen LogP contribution in [0.1, 0.15) is 17.0 Å². The summed E-state index contributed by atoms with van der Waals surface area (Å²) in [5, 5.41) is -0.373. The predicted octanol–water partition coefficient (Wildman–Crippen LogP) is 5.72. The molecule has 1 aromatic rings. The molecule has 7 heteroatoms. The molecule has 0 aliphatic heterocycles. The van der Waals surface area contributed by atoms with E-state index < -0.39 is 23.0 Å². The van der Waals surface area contributed by atoms with Crippen LogP contribution in [0.5, 0.6) is 0 Å². The Morgan fingerprint density at radius 3 is 2.32 bits per heavy atom. The van der Waals surface area contributed by atoms with Crippen LogP contribution < -0.4 is 4.90 Å². The van der Waals surface area contributed by atoms with E-state index in [4.69, 9.17) is 34.8 Å². The number of benzene rings is 1. The van der Waals surface area contributed by atoms with Crippen molar-refractivity contribution in [3.63, 3.8) is 0 Å². The summed E-state index contributed by atoms with van der Waals surface area (Å²) in [6.07, 6.45) is -1.47. The highest BCUT2D eigenvalue weighted by molar-refractivity contribution is 6.41. The van der Waals surface area contributed by atoms with E-state index in [1.54, 1.807) is 31.1 Å². The lowest BCUT2D eigenvalue weighted by Gasteiger charge is -2.27. The van der Waals surface area contributed by atoms with Crippen molar-refractivity contribution in [2.45, 2.75) is 17.5 Å². The maximum absolute atomic E-state index is 13.4. The third kappa shape index (κ3) is 3.39. The molecular formula is C15H13Cl3F3N. The van der Waals surface area contributed by atoms with Gasteiger partial charge in [0, 0.05) is 30.7 Å². The first kappa shape index (κ1) is 17.5. The molecule has 0 N–H and O–H groups in total. The molecule has 1 aliphatic rings. The van der Waals surface area contributed by atoms with Gasteiger partial charge in [0.05, 0.1) is 16.0 Å². The van der Waals surface area contributed by atoms with Crippen molar-refractivity contribution in [2.24, 2.45) is 0 Å². The molecule has 0 aromatic heterocycles.